The first-order chi connectivity index (χ1) is 16.7. The molecular formula is C30H30FNO2. The van der Waals surface area contributed by atoms with Gasteiger partial charge in [-0.25, -0.2) is 4.39 Å². The van der Waals surface area contributed by atoms with Gasteiger partial charge in [-0.1, -0.05) is 48.4 Å². The smallest absolute Gasteiger partial charge is 0.143 e. The van der Waals surface area contributed by atoms with Gasteiger partial charge in [0.15, 0.2) is 0 Å². The van der Waals surface area contributed by atoms with E-state index in [2.05, 4.69) is 36.1 Å². The van der Waals surface area contributed by atoms with E-state index in [0.717, 1.165) is 45.7 Å². The SMILES string of the molecule is Cc1ccc2c(Oc3ccc(OCCN4CCCCC4)cc3)c(-c3ccc(F)cc3)ccc2c1. The Balaban J connectivity index is 1.36. The number of fused-ring (bicyclic) bond motifs is 1. The van der Waals surface area contributed by atoms with Gasteiger partial charge in [-0.05, 0) is 86.3 Å². The molecule has 5 rings (SSSR count). The van der Waals surface area contributed by atoms with Gasteiger partial charge in [0, 0.05) is 17.5 Å². The molecule has 4 aromatic carbocycles. The summed E-state index contributed by atoms with van der Waals surface area (Å²) >= 11 is 0. The second-order valence-corrected chi connectivity index (χ2v) is 9.00. The van der Waals surface area contributed by atoms with Crippen LogP contribution < -0.4 is 9.47 Å². The quantitative estimate of drug-likeness (QED) is 0.286. The number of rotatable bonds is 7. The molecule has 4 aromatic rings. The van der Waals surface area contributed by atoms with E-state index in [0.29, 0.717) is 6.61 Å². The summed E-state index contributed by atoms with van der Waals surface area (Å²) in [5.74, 6) is 2.10. The van der Waals surface area contributed by atoms with Crippen molar-refractivity contribution in [3.63, 3.8) is 0 Å². The summed E-state index contributed by atoms with van der Waals surface area (Å²) < 4.78 is 25.9. The number of nitrogens with zero attached hydrogens (tertiary/aromatic N) is 1. The highest BCUT2D eigenvalue weighted by atomic mass is 19.1. The molecule has 0 bridgehead atoms. The topological polar surface area (TPSA) is 21.7 Å². The zero-order chi connectivity index (χ0) is 23.3. The monoisotopic (exact) mass is 455 g/mol. The van der Waals surface area contributed by atoms with Crippen LogP contribution in [0.4, 0.5) is 4.39 Å². The van der Waals surface area contributed by atoms with Crippen LogP contribution in [-0.4, -0.2) is 31.1 Å². The zero-order valence-corrected chi connectivity index (χ0v) is 19.6. The largest absolute Gasteiger partial charge is 0.492 e. The molecule has 1 heterocycles. The lowest BCUT2D eigenvalue weighted by Crippen LogP contribution is -2.33. The minimum atomic E-state index is -0.251. The van der Waals surface area contributed by atoms with Crippen LogP contribution >= 0.6 is 0 Å². The van der Waals surface area contributed by atoms with Crippen molar-refractivity contribution < 1.29 is 13.9 Å². The highest BCUT2D eigenvalue weighted by molar-refractivity contribution is 5.95. The maximum absolute atomic E-state index is 13.5. The molecule has 0 unspecified atom stereocenters. The van der Waals surface area contributed by atoms with Crippen LogP contribution in [0, 0.1) is 12.7 Å². The average molecular weight is 456 g/mol. The normalized spacial score (nSPS) is 14.3. The number of ether oxygens (including phenoxy) is 2. The molecule has 1 saturated heterocycles. The fraction of sp³-hybridized carbons (Fsp3) is 0.267. The molecule has 0 N–H and O–H groups in total. The lowest BCUT2D eigenvalue weighted by Gasteiger charge is -2.26. The van der Waals surface area contributed by atoms with Gasteiger partial charge in [0.05, 0.1) is 0 Å². The molecule has 1 aliphatic heterocycles. The summed E-state index contributed by atoms with van der Waals surface area (Å²) in [7, 11) is 0. The Morgan fingerprint density at radius 1 is 0.794 bits per heavy atom. The van der Waals surface area contributed by atoms with Crippen LogP contribution in [0.25, 0.3) is 21.9 Å². The van der Waals surface area contributed by atoms with E-state index in [9.17, 15) is 4.39 Å². The predicted octanol–water partition coefficient (Wildman–Crippen LogP) is 7.61. The van der Waals surface area contributed by atoms with E-state index >= 15 is 0 Å². The highest BCUT2D eigenvalue weighted by Gasteiger charge is 2.13. The predicted molar refractivity (Wildman–Crippen MR) is 136 cm³/mol. The second kappa shape index (κ2) is 10.3. The summed E-state index contributed by atoms with van der Waals surface area (Å²) in [6, 6.07) is 24.8. The molecule has 174 valence electrons. The fourth-order valence-corrected chi connectivity index (χ4v) is 4.58. The fourth-order valence-electron chi connectivity index (χ4n) is 4.58. The third-order valence-corrected chi connectivity index (χ3v) is 6.45. The molecule has 0 spiro atoms. The Labute approximate surface area is 200 Å². The molecule has 4 heteroatoms. The number of likely N-dealkylation sites (tertiary alicyclic amines) is 1. The molecular weight excluding hydrogens is 425 g/mol. The first-order valence-corrected chi connectivity index (χ1v) is 12.1. The molecule has 0 radical (unpaired) electrons. The number of halogens is 1. The van der Waals surface area contributed by atoms with Gasteiger partial charge in [-0.3, -0.25) is 4.90 Å². The molecule has 1 fully saturated rings. The van der Waals surface area contributed by atoms with Crippen molar-refractivity contribution in [2.45, 2.75) is 26.2 Å². The number of hydrogen-bond acceptors (Lipinski definition) is 3. The molecule has 34 heavy (non-hydrogen) atoms. The van der Waals surface area contributed by atoms with Gasteiger partial charge < -0.3 is 9.47 Å². The molecule has 0 aliphatic carbocycles. The Kier molecular flexibility index (Phi) is 6.77. The van der Waals surface area contributed by atoms with Gasteiger partial charge in [0.1, 0.15) is 29.7 Å². The summed E-state index contributed by atoms with van der Waals surface area (Å²) in [6.07, 6.45) is 3.93. The van der Waals surface area contributed by atoms with E-state index in [1.165, 1.54) is 50.0 Å². The maximum atomic E-state index is 13.5. The summed E-state index contributed by atoms with van der Waals surface area (Å²) in [5.41, 5.74) is 3.04. The molecule has 0 saturated carbocycles. The van der Waals surface area contributed by atoms with Crippen LogP contribution in [0.3, 0.4) is 0 Å². The number of aryl methyl sites for hydroxylation is 1. The van der Waals surface area contributed by atoms with Crippen molar-refractivity contribution >= 4 is 10.8 Å². The van der Waals surface area contributed by atoms with Crippen molar-refractivity contribution in [2.75, 3.05) is 26.2 Å². The van der Waals surface area contributed by atoms with Crippen LogP contribution in [0.15, 0.2) is 78.9 Å². The van der Waals surface area contributed by atoms with Crippen LogP contribution in [0.1, 0.15) is 24.8 Å². The first kappa shape index (κ1) is 22.4. The second-order valence-electron chi connectivity index (χ2n) is 9.00. The molecule has 3 nitrogen and oxygen atoms in total. The van der Waals surface area contributed by atoms with Crippen molar-refractivity contribution in [1.82, 2.24) is 4.90 Å². The first-order valence-electron chi connectivity index (χ1n) is 12.1. The van der Waals surface area contributed by atoms with Gasteiger partial charge in [-0.15, -0.1) is 0 Å². The summed E-state index contributed by atoms with van der Waals surface area (Å²) in [5, 5.41) is 2.13. The van der Waals surface area contributed by atoms with Crippen molar-refractivity contribution in [2.24, 2.45) is 0 Å². The van der Waals surface area contributed by atoms with Crippen molar-refractivity contribution in [3.05, 3.63) is 90.2 Å². The van der Waals surface area contributed by atoms with E-state index in [4.69, 9.17) is 9.47 Å². The van der Waals surface area contributed by atoms with Gasteiger partial charge in [0.25, 0.3) is 0 Å². The molecule has 0 amide bonds. The van der Waals surface area contributed by atoms with E-state index in [1.54, 1.807) is 12.1 Å². The van der Waals surface area contributed by atoms with E-state index in [1.807, 2.05) is 30.3 Å². The van der Waals surface area contributed by atoms with Gasteiger partial charge >= 0.3 is 0 Å². The van der Waals surface area contributed by atoms with Gasteiger partial charge in [0.2, 0.25) is 0 Å². The Bertz CT molecular complexity index is 1250. The average Bonchev–Trinajstić information content (AvgIpc) is 2.86. The third kappa shape index (κ3) is 5.23. The van der Waals surface area contributed by atoms with Crippen LogP contribution in [0.2, 0.25) is 0 Å². The lowest BCUT2D eigenvalue weighted by atomic mass is 9.98. The minimum absolute atomic E-state index is 0.251. The Morgan fingerprint density at radius 2 is 1.53 bits per heavy atom. The Hall–Kier alpha value is -3.37. The number of benzene rings is 4. The molecule has 0 atom stereocenters. The van der Waals surface area contributed by atoms with Crippen molar-refractivity contribution in [3.8, 4) is 28.4 Å². The lowest BCUT2D eigenvalue weighted by molar-refractivity contribution is 0.183. The minimum Gasteiger partial charge on any atom is -0.492 e. The highest BCUT2D eigenvalue weighted by Crippen LogP contribution is 2.40. The maximum Gasteiger partial charge on any atom is 0.143 e. The molecule has 0 aromatic heterocycles. The number of hydrogen-bond donors (Lipinski definition) is 0. The Morgan fingerprint density at radius 3 is 2.29 bits per heavy atom. The van der Waals surface area contributed by atoms with Gasteiger partial charge in [-0.2, -0.15) is 0 Å². The summed E-state index contributed by atoms with van der Waals surface area (Å²) in [6.45, 7) is 6.10. The van der Waals surface area contributed by atoms with E-state index < -0.39 is 0 Å². The van der Waals surface area contributed by atoms with Crippen LogP contribution in [0.5, 0.6) is 17.2 Å². The van der Waals surface area contributed by atoms with E-state index in [-0.39, 0.29) is 5.82 Å². The summed E-state index contributed by atoms with van der Waals surface area (Å²) in [4.78, 5) is 2.47. The molecule has 1 aliphatic rings. The zero-order valence-electron chi connectivity index (χ0n) is 19.6. The number of piperidine rings is 1. The van der Waals surface area contributed by atoms with Crippen molar-refractivity contribution in [1.29, 1.82) is 0 Å². The standard InChI is InChI=1S/C30H30FNO2/c1-22-5-15-29-24(21-22)8-16-28(23-6-9-25(31)10-7-23)30(29)34-27-13-11-26(12-14-27)33-20-19-32-17-3-2-4-18-32/h5-16,21H,2-4,17-20H2,1H3. The third-order valence-electron chi connectivity index (χ3n) is 6.45. The van der Waals surface area contributed by atoms with Crippen LogP contribution in [-0.2, 0) is 0 Å².